The first kappa shape index (κ1) is 13.4. The van der Waals surface area contributed by atoms with Crippen LogP contribution in [0.1, 0.15) is 53.4 Å². The van der Waals surface area contributed by atoms with E-state index in [9.17, 15) is 0 Å². The fourth-order valence-electron chi connectivity index (χ4n) is 3.01. The molecule has 0 amide bonds. The van der Waals surface area contributed by atoms with Crippen LogP contribution in [0.4, 0.5) is 0 Å². The molecular formula is C15H30N2. The number of rotatable bonds is 5. The zero-order chi connectivity index (χ0) is 12.5. The number of nitrogens with zero attached hydrogens (tertiary/aromatic N) is 1. The molecule has 0 bridgehead atoms. The number of piperazine rings is 1. The Balaban J connectivity index is 1.99. The highest BCUT2D eigenvalue weighted by Gasteiger charge is 2.41. The van der Waals surface area contributed by atoms with Crippen LogP contribution in [0.25, 0.3) is 0 Å². The van der Waals surface area contributed by atoms with E-state index < -0.39 is 0 Å². The van der Waals surface area contributed by atoms with E-state index in [0.29, 0.717) is 5.54 Å². The summed E-state index contributed by atoms with van der Waals surface area (Å²) in [7, 11) is 0. The van der Waals surface area contributed by atoms with Gasteiger partial charge in [-0.15, -0.1) is 0 Å². The predicted molar refractivity (Wildman–Crippen MR) is 74.2 cm³/mol. The van der Waals surface area contributed by atoms with Crippen LogP contribution in [0.15, 0.2) is 0 Å². The van der Waals surface area contributed by atoms with E-state index in [0.717, 1.165) is 17.9 Å². The molecule has 3 atom stereocenters. The van der Waals surface area contributed by atoms with Crippen molar-refractivity contribution in [3.63, 3.8) is 0 Å². The van der Waals surface area contributed by atoms with Gasteiger partial charge in [-0.2, -0.15) is 0 Å². The Labute approximate surface area is 107 Å². The van der Waals surface area contributed by atoms with Gasteiger partial charge in [-0.25, -0.2) is 0 Å². The van der Waals surface area contributed by atoms with E-state index in [1.165, 1.54) is 45.3 Å². The summed E-state index contributed by atoms with van der Waals surface area (Å²) >= 11 is 0. The van der Waals surface area contributed by atoms with Crippen molar-refractivity contribution in [3.8, 4) is 0 Å². The van der Waals surface area contributed by atoms with Crippen molar-refractivity contribution in [2.45, 2.75) is 65.0 Å². The Morgan fingerprint density at radius 1 is 1.35 bits per heavy atom. The number of nitrogens with one attached hydrogen (secondary N) is 1. The first-order valence-corrected chi connectivity index (χ1v) is 7.57. The summed E-state index contributed by atoms with van der Waals surface area (Å²) in [6, 6.07) is 0.823. The third-order valence-corrected chi connectivity index (χ3v) is 4.95. The van der Waals surface area contributed by atoms with E-state index in [4.69, 9.17) is 0 Å². The molecule has 0 radical (unpaired) electrons. The zero-order valence-corrected chi connectivity index (χ0v) is 12.1. The standard InChI is InChI=1S/C15H30N2/c1-5-12(3)10-17-11-15(4,6-2)16-9-14(17)13-7-8-13/h12-14,16H,5-11H2,1-4H3. The maximum atomic E-state index is 3.80. The van der Waals surface area contributed by atoms with Gasteiger partial charge in [0, 0.05) is 31.2 Å². The molecule has 2 rings (SSSR count). The molecule has 1 saturated carbocycles. The monoisotopic (exact) mass is 238 g/mol. The molecule has 2 fully saturated rings. The topological polar surface area (TPSA) is 15.3 Å². The molecular weight excluding hydrogens is 208 g/mol. The van der Waals surface area contributed by atoms with Crippen molar-refractivity contribution >= 4 is 0 Å². The minimum atomic E-state index is 0.346. The summed E-state index contributed by atoms with van der Waals surface area (Å²) in [5.74, 6) is 1.84. The van der Waals surface area contributed by atoms with Crippen LogP contribution in [0.2, 0.25) is 0 Å². The maximum Gasteiger partial charge on any atom is 0.0278 e. The van der Waals surface area contributed by atoms with Crippen LogP contribution >= 0.6 is 0 Å². The van der Waals surface area contributed by atoms with Crippen LogP contribution in [-0.2, 0) is 0 Å². The van der Waals surface area contributed by atoms with Gasteiger partial charge in [0.2, 0.25) is 0 Å². The largest absolute Gasteiger partial charge is 0.309 e. The van der Waals surface area contributed by atoms with Gasteiger partial charge in [0.1, 0.15) is 0 Å². The van der Waals surface area contributed by atoms with Crippen molar-refractivity contribution < 1.29 is 0 Å². The molecule has 3 unspecified atom stereocenters. The minimum absolute atomic E-state index is 0.346. The third-order valence-electron chi connectivity index (χ3n) is 4.95. The van der Waals surface area contributed by atoms with Gasteiger partial charge >= 0.3 is 0 Å². The number of hydrogen-bond donors (Lipinski definition) is 1. The highest BCUT2D eigenvalue weighted by Crippen LogP contribution is 2.37. The Morgan fingerprint density at radius 3 is 2.59 bits per heavy atom. The SMILES string of the molecule is CCC(C)CN1CC(C)(CC)NCC1C1CC1. The molecule has 17 heavy (non-hydrogen) atoms. The smallest absolute Gasteiger partial charge is 0.0278 e. The van der Waals surface area contributed by atoms with Gasteiger partial charge in [-0.1, -0.05) is 27.2 Å². The van der Waals surface area contributed by atoms with Crippen LogP contribution in [0.5, 0.6) is 0 Å². The average Bonchev–Trinajstić information content (AvgIpc) is 3.13. The van der Waals surface area contributed by atoms with Crippen molar-refractivity contribution in [1.29, 1.82) is 0 Å². The van der Waals surface area contributed by atoms with E-state index in [-0.39, 0.29) is 0 Å². The molecule has 1 heterocycles. The lowest BCUT2D eigenvalue weighted by Gasteiger charge is -2.47. The quantitative estimate of drug-likeness (QED) is 0.792. The van der Waals surface area contributed by atoms with Gasteiger partial charge in [-0.05, 0) is 38.0 Å². The Kier molecular flexibility index (Phi) is 4.14. The van der Waals surface area contributed by atoms with Crippen LogP contribution in [-0.4, -0.2) is 36.1 Å². The molecule has 0 aromatic heterocycles. The highest BCUT2D eigenvalue weighted by molar-refractivity contribution is 4.99. The average molecular weight is 238 g/mol. The van der Waals surface area contributed by atoms with E-state index in [1.54, 1.807) is 0 Å². The second-order valence-electron chi connectivity index (χ2n) is 6.64. The zero-order valence-electron chi connectivity index (χ0n) is 12.1. The molecule has 1 N–H and O–H groups in total. The Bertz CT molecular complexity index is 249. The van der Waals surface area contributed by atoms with E-state index in [2.05, 4.69) is 37.9 Å². The summed E-state index contributed by atoms with van der Waals surface area (Å²) in [6.07, 6.45) is 5.48. The lowest BCUT2D eigenvalue weighted by Crippen LogP contribution is -2.63. The summed E-state index contributed by atoms with van der Waals surface area (Å²) in [5.41, 5.74) is 0.346. The maximum absolute atomic E-state index is 3.80. The third kappa shape index (κ3) is 3.23. The molecule has 1 saturated heterocycles. The molecule has 0 aromatic carbocycles. The van der Waals surface area contributed by atoms with Gasteiger partial charge < -0.3 is 5.32 Å². The van der Waals surface area contributed by atoms with Crippen LogP contribution in [0.3, 0.4) is 0 Å². The predicted octanol–water partition coefficient (Wildman–Crippen LogP) is 2.89. The molecule has 1 aliphatic carbocycles. The Hall–Kier alpha value is -0.0800. The number of hydrogen-bond acceptors (Lipinski definition) is 2. The molecule has 0 aromatic rings. The first-order chi connectivity index (χ1) is 8.08. The molecule has 1 aliphatic heterocycles. The van der Waals surface area contributed by atoms with E-state index >= 15 is 0 Å². The molecule has 2 nitrogen and oxygen atoms in total. The van der Waals surface area contributed by atoms with Crippen molar-refractivity contribution in [2.75, 3.05) is 19.6 Å². The van der Waals surface area contributed by atoms with Crippen molar-refractivity contribution in [2.24, 2.45) is 11.8 Å². The van der Waals surface area contributed by atoms with Gasteiger partial charge in [0.25, 0.3) is 0 Å². The van der Waals surface area contributed by atoms with Gasteiger partial charge in [-0.3, -0.25) is 4.90 Å². The fourth-order valence-corrected chi connectivity index (χ4v) is 3.01. The summed E-state index contributed by atoms with van der Waals surface area (Å²) in [5, 5.41) is 3.80. The first-order valence-electron chi connectivity index (χ1n) is 7.57. The fraction of sp³-hybridized carbons (Fsp3) is 1.00. The second kappa shape index (κ2) is 5.27. The normalized spacial score (nSPS) is 37.1. The van der Waals surface area contributed by atoms with Crippen LogP contribution < -0.4 is 5.32 Å². The molecule has 0 spiro atoms. The van der Waals surface area contributed by atoms with E-state index in [1.807, 2.05) is 0 Å². The summed E-state index contributed by atoms with van der Waals surface area (Å²) in [6.45, 7) is 13.2. The lowest BCUT2D eigenvalue weighted by atomic mass is 9.91. The van der Waals surface area contributed by atoms with Crippen molar-refractivity contribution in [1.82, 2.24) is 10.2 Å². The minimum Gasteiger partial charge on any atom is -0.309 e. The van der Waals surface area contributed by atoms with Crippen molar-refractivity contribution in [3.05, 3.63) is 0 Å². The molecule has 2 aliphatic rings. The summed E-state index contributed by atoms with van der Waals surface area (Å²) in [4.78, 5) is 2.80. The van der Waals surface area contributed by atoms with Gasteiger partial charge in [0.05, 0.1) is 0 Å². The lowest BCUT2D eigenvalue weighted by molar-refractivity contribution is 0.0603. The Morgan fingerprint density at radius 2 is 2.06 bits per heavy atom. The highest BCUT2D eigenvalue weighted by atomic mass is 15.3. The molecule has 2 heteroatoms. The van der Waals surface area contributed by atoms with Gasteiger partial charge in [0.15, 0.2) is 0 Å². The summed E-state index contributed by atoms with van der Waals surface area (Å²) < 4.78 is 0. The molecule has 100 valence electrons. The second-order valence-corrected chi connectivity index (χ2v) is 6.64. The van der Waals surface area contributed by atoms with Crippen LogP contribution in [0, 0.1) is 11.8 Å².